The Labute approximate surface area is 174 Å². The van der Waals surface area contributed by atoms with Crippen LogP contribution in [0.2, 0.25) is 0 Å². The summed E-state index contributed by atoms with van der Waals surface area (Å²) < 4.78 is 10.7. The van der Waals surface area contributed by atoms with E-state index in [-0.39, 0.29) is 24.1 Å². The molecule has 3 aromatic carbocycles. The predicted octanol–water partition coefficient (Wildman–Crippen LogP) is 4.69. The third-order valence-electron chi connectivity index (χ3n) is 4.01. The predicted molar refractivity (Wildman–Crippen MR) is 115 cm³/mol. The molecular weight excluding hydrogens is 386 g/mol. The third kappa shape index (κ3) is 6.12. The molecule has 3 rings (SSSR count). The van der Waals surface area contributed by atoms with Gasteiger partial charge in [-0.15, -0.1) is 11.8 Å². The molecule has 5 nitrogen and oxygen atoms in total. The van der Waals surface area contributed by atoms with E-state index in [1.165, 1.54) is 11.8 Å². The molecule has 0 heterocycles. The third-order valence-corrected chi connectivity index (χ3v) is 5.00. The highest BCUT2D eigenvalue weighted by Gasteiger charge is 2.12. The minimum absolute atomic E-state index is 0.0156. The normalized spacial score (nSPS) is 10.2. The standard InChI is InChI=1S/C23H21NO4S/c1-27-22-13-6-5-12-20(22)21(25)16-29-19-11-7-8-17(14-19)24-23(26)15-28-18-9-3-2-4-10-18/h2-14H,15-16H2,1H3,(H,24,26). The Balaban J connectivity index is 1.54. The smallest absolute Gasteiger partial charge is 0.262 e. The van der Waals surface area contributed by atoms with E-state index in [0.717, 1.165) is 4.90 Å². The number of anilines is 1. The van der Waals surface area contributed by atoms with Crippen LogP contribution in [0.15, 0.2) is 83.8 Å². The zero-order valence-corrected chi connectivity index (χ0v) is 16.8. The Morgan fingerprint density at radius 1 is 0.931 bits per heavy atom. The number of carbonyl (C=O) groups excluding carboxylic acids is 2. The van der Waals surface area contributed by atoms with E-state index in [0.29, 0.717) is 22.7 Å². The van der Waals surface area contributed by atoms with Crippen molar-refractivity contribution in [2.24, 2.45) is 0 Å². The molecule has 6 heteroatoms. The maximum atomic E-state index is 12.5. The van der Waals surface area contributed by atoms with Crippen molar-refractivity contribution in [1.82, 2.24) is 0 Å². The summed E-state index contributed by atoms with van der Waals surface area (Å²) in [6.45, 7) is -0.0757. The van der Waals surface area contributed by atoms with Gasteiger partial charge in [-0.25, -0.2) is 0 Å². The molecule has 148 valence electrons. The van der Waals surface area contributed by atoms with Gasteiger partial charge in [-0.1, -0.05) is 36.4 Å². The van der Waals surface area contributed by atoms with Crippen LogP contribution >= 0.6 is 11.8 Å². The Morgan fingerprint density at radius 3 is 2.48 bits per heavy atom. The van der Waals surface area contributed by atoms with Crippen LogP contribution in [-0.4, -0.2) is 31.2 Å². The highest BCUT2D eigenvalue weighted by molar-refractivity contribution is 8.00. The van der Waals surface area contributed by atoms with E-state index in [9.17, 15) is 9.59 Å². The van der Waals surface area contributed by atoms with Gasteiger partial charge in [0.15, 0.2) is 12.4 Å². The largest absolute Gasteiger partial charge is 0.496 e. The average Bonchev–Trinajstić information content (AvgIpc) is 2.77. The average molecular weight is 407 g/mol. The van der Waals surface area contributed by atoms with E-state index < -0.39 is 0 Å². The van der Waals surface area contributed by atoms with Crippen molar-refractivity contribution in [1.29, 1.82) is 0 Å². The number of Topliss-reactive ketones (excluding diaryl/α,β-unsaturated/α-hetero) is 1. The summed E-state index contributed by atoms with van der Waals surface area (Å²) in [6.07, 6.45) is 0. The van der Waals surface area contributed by atoms with Crippen molar-refractivity contribution in [2.75, 3.05) is 24.8 Å². The van der Waals surface area contributed by atoms with Crippen molar-refractivity contribution in [3.8, 4) is 11.5 Å². The number of thioether (sulfide) groups is 1. The van der Waals surface area contributed by atoms with Gasteiger partial charge >= 0.3 is 0 Å². The molecule has 0 aliphatic heterocycles. The zero-order valence-electron chi connectivity index (χ0n) is 16.0. The summed E-state index contributed by atoms with van der Waals surface area (Å²) in [7, 11) is 1.55. The number of hydrogen-bond acceptors (Lipinski definition) is 5. The molecule has 0 aromatic heterocycles. The maximum absolute atomic E-state index is 12.5. The van der Waals surface area contributed by atoms with Crippen LogP contribution in [-0.2, 0) is 4.79 Å². The van der Waals surface area contributed by atoms with Gasteiger partial charge in [0.05, 0.1) is 18.4 Å². The first kappa shape index (κ1) is 20.5. The van der Waals surface area contributed by atoms with Crippen molar-refractivity contribution in [3.63, 3.8) is 0 Å². The van der Waals surface area contributed by atoms with Crippen LogP contribution in [0.5, 0.6) is 11.5 Å². The number of carbonyl (C=O) groups is 2. The minimum Gasteiger partial charge on any atom is -0.496 e. The lowest BCUT2D eigenvalue weighted by Gasteiger charge is -2.09. The number of rotatable bonds is 9. The molecule has 0 radical (unpaired) electrons. The molecule has 0 spiro atoms. The molecule has 0 saturated heterocycles. The first-order valence-electron chi connectivity index (χ1n) is 9.02. The summed E-state index contributed by atoms with van der Waals surface area (Å²) in [6, 6.07) is 23.7. The second kappa shape index (κ2) is 10.3. The second-order valence-corrected chi connectivity index (χ2v) is 7.14. The van der Waals surface area contributed by atoms with Crippen LogP contribution in [0.3, 0.4) is 0 Å². The van der Waals surface area contributed by atoms with Gasteiger partial charge in [-0.2, -0.15) is 0 Å². The number of amides is 1. The monoisotopic (exact) mass is 407 g/mol. The topological polar surface area (TPSA) is 64.6 Å². The molecule has 29 heavy (non-hydrogen) atoms. The van der Waals surface area contributed by atoms with Gasteiger partial charge in [0, 0.05) is 10.6 Å². The SMILES string of the molecule is COc1ccccc1C(=O)CSc1cccc(NC(=O)COc2ccccc2)c1. The molecule has 0 aliphatic carbocycles. The number of ether oxygens (including phenoxy) is 2. The van der Waals surface area contributed by atoms with Crippen molar-refractivity contribution < 1.29 is 19.1 Å². The lowest BCUT2D eigenvalue weighted by Crippen LogP contribution is -2.20. The van der Waals surface area contributed by atoms with E-state index in [4.69, 9.17) is 9.47 Å². The number of ketones is 1. The fraction of sp³-hybridized carbons (Fsp3) is 0.130. The highest BCUT2D eigenvalue weighted by atomic mass is 32.2. The van der Waals surface area contributed by atoms with Gasteiger partial charge < -0.3 is 14.8 Å². The van der Waals surface area contributed by atoms with E-state index in [2.05, 4.69) is 5.32 Å². The number of methoxy groups -OCH3 is 1. The van der Waals surface area contributed by atoms with Crippen LogP contribution in [0.25, 0.3) is 0 Å². The Bertz CT molecular complexity index is 975. The van der Waals surface area contributed by atoms with Crippen LogP contribution in [0, 0.1) is 0 Å². The minimum atomic E-state index is -0.249. The van der Waals surface area contributed by atoms with Crippen LogP contribution in [0.4, 0.5) is 5.69 Å². The molecule has 0 saturated carbocycles. The van der Waals surface area contributed by atoms with E-state index >= 15 is 0 Å². The number of benzene rings is 3. The summed E-state index contributed by atoms with van der Waals surface area (Å²) in [5.74, 6) is 1.22. The first-order chi connectivity index (χ1) is 14.2. The lowest BCUT2D eigenvalue weighted by molar-refractivity contribution is -0.118. The number of para-hydroxylation sites is 2. The molecule has 1 amide bonds. The van der Waals surface area contributed by atoms with Crippen molar-refractivity contribution in [3.05, 3.63) is 84.4 Å². The van der Waals surface area contributed by atoms with E-state index in [1.54, 1.807) is 37.4 Å². The van der Waals surface area contributed by atoms with Crippen molar-refractivity contribution in [2.45, 2.75) is 4.90 Å². The summed E-state index contributed by atoms with van der Waals surface area (Å²) in [5, 5.41) is 2.81. The molecule has 3 aromatic rings. The quantitative estimate of drug-likeness (QED) is 0.412. The van der Waals surface area contributed by atoms with Crippen LogP contribution in [0.1, 0.15) is 10.4 Å². The summed E-state index contributed by atoms with van der Waals surface area (Å²) in [5.41, 5.74) is 1.21. The van der Waals surface area contributed by atoms with Gasteiger partial charge in [0.2, 0.25) is 0 Å². The van der Waals surface area contributed by atoms with Crippen LogP contribution < -0.4 is 14.8 Å². The van der Waals surface area contributed by atoms with Crippen molar-refractivity contribution >= 4 is 29.1 Å². The Hall–Kier alpha value is -3.25. The number of hydrogen-bond donors (Lipinski definition) is 1. The van der Waals surface area contributed by atoms with E-state index in [1.807, 2.05) is 48.5 Å². The molecular formula is C23H21NO4S. The fourth-order valence-corrected chi connectivity index (χ4v) is 3.47. The van der Waals surface area contributed by atoms with Gasteiger partial charge in [-0.05, 0) is 42.5 Å². The zero-order chi connectivity index (χ0) is 20.5. The summed E-state index contributed by atoms with van der Waals surface area (Å²) >= 11 is 1.41. The molecule has 0 aliphatic rings. The lowest BCUT2D eigenvalue weighted by atomic mass is 10.1. The molecule has 0 fully saturated rings. The van der Waals surface area contributed by atoms with Gasteiger partial charge in [0.1, 0.15) is 11.5 Å². The van der Waals surface area contributed by atoms with Gasteiger partial charge in [-0.3, -0.25) is 9.59 Å². The first-order valence-corrected chi connectivity index (χ1v) is 10.0. The molecule has 0 unspecified atom stereocenters. The number of nitrogens with one attached hydrogen (secondary N) is 1. The molecule has 0 atom stereocenters. The maximum Gasteiger partial charge on any atom is 0.262 e. The van der Waals surface area contributed by atoms with Gasteiger partial charge in [0.25, 0.3) is 5.91 Å². The second-order valence-electron chi connectivity index (χ2n) is 6.09. The molecule has 0 bridgehead atoms. The Kier molecular flexibility index (Phi) is 7.30. The summed E-state index contributed by atoms with van der Waals surface area (Å²) in [4.78, 5) is 25.5. The Morgan fingerprint density at radius 2 is 1.69 bits per heavy atom. The molecule has 1 N–H and O–H groups in total. The fourth-order valence-electron chi connectivity index (χ4n) is 2.63. The highest BCUT2D eigenvalue weighted by Crippen LogP contribution is 2.25.